The van der Waals surface area contributed by atoms with Gasteiger partial charge in [0.05, 0.1) is 0 Å². The van der Waals surface area contributed by atoms with Crippen LogP contribution in [-0.2, 0) is 9.59 Å². The van der Waals surface area contributed by atoms with Crippen molar-refractivity contribution in [3.8, 4) is 0 Å². The van der Waals surface area contributed by atoms with Crippen LogP contribution in [0.5, 0.6) is 0 Å². The third-order valence-corrected chi connectivity index (χ3v) is 5.48. The van der Waals surface area contributed by atoms with Crippen molar-refractivity contribution >= 4 is 11.9 Å². The highest BCUT2D eigenvalue weighted by Gasteiger charge is 2.41. The fourth-order valence-electron chi connectivity index (χ4n) is 4.03. The lowest BCUT2D eigenvalue weighted by Gasteiger charge is -2.38. The Morgan fingerprint density at radius 1 is 1.09 bits per heavy atom. The van der Waals surface area contributed by atoms with Crippen LogP contribution >= 0.6 is 0 Å². The first kappa shape index (κ1) is 16.0. The molecular weight excluding hydrogens is 290 g/mol. The number of hydrogen-bond acceptors (Lipinski definition) is 2. The molecule has 0 aliphatic heterocycles. The van der Waals surface area contributed by atoms with E-state index in [1.54, 1.807) is 0 Å². The van der Waals surface area contributed by atoms with E-state index in [1.165, 1.54) is 5.56 Å². The van der Waals surface area contributed by atoms with Gasteiger partial charge in [-0.3, -0.25) is 4.79 Å². The van der Waals surface area contributed by atoms with Crippen LogP contribution in [0.1, 0.15) is 62.8 Å². The molecule has 0 saturated heterocycles. The van der Waals surface area contributed by atoms with Crippen LogP contribution in [0.3, 0.4) is 0 Å². The number of carboxylic acids is 1. The zero-order valence-corrected chi connectivity index (χ0v) is 13.5. The van der Waals surface area contributed by atoms with Crippen molar-refractivity contribution in [2.24, 2.45) is 5.92 Å². The quantitative estimate of drug-likeness (QED) is 0.874. The van der Waals surface area contributed by atoms with E-state index in [0.717, 1.165) is 32.1 Å². The second kappa shape index (κ2) is 6.73. The summed E-state index contributed by atoms with van der Waals surface area (Å²) in [5.74, 6) is -0.0288. The molecule has 0 atom stereocenters. The number of carbonyl (C=O) groups excluding carboxylic acids is 1. The van der Waals surface area contributed by atoms with Crippen molar-refractivity contribution in [1.29, 1.82) is 0 Å². The topological polar surface area (TPSA) is 66.4 Å². The summed E-state index contributed by atoms with van der Waals surface area (Å²) in [5, 5.41) is 12.4. The summed E-state index contributed by atoms with van der Waals surface area (Å²) in [6, 6.07) is 10.4. The second-order valence-corrected chi connectivity index (χ2v) is 7.15. The van der Waals surface area contributed by atoms with Crippen molar-refractivity contribution in [3.05, 3.63) is 35.9 Å². The Morgan fingerprint density at radius 2 is 1.74 bits per heavy atom. The molecule has 2 aliphatic carbocycles. The van der Waals surface area contributed by atoms with Gasteiger partial charge in [-0.05, 0) is 43.1 Å². The zero-order valence-electron chi connectivity index (χ0n) is 13.5. The van der Waals surface area contributed by atoms with E-state index in [9.17, 15) is 14.7 Å². The van der Waals surface area contributed by atoms with Crippen LogP contribution in [0.25, 0.3) is 0 Å². The summed E-state index contributed by atoms with van der Waals surface area (Å²) in [7, 11) is 0. The van der Waals surface area contributed by atoms with Gasteiger partial charge in [0.15, 0.2) is 0 Å². The summed E-state index contributed by atoms with van der Waals surface area (Å²) >= 11 is 0. The highest BCUT2D eigenvalue weighted by molar-refractivity contribution is 5.87. The van der Waals surface area contributed by atoms with Crippen LogP contribution < -0.4 is 5.32 Å². The van der Waals surface area contributed by atoms with Crippen LogP contribution in [-0.4, -0.2) is 22.5 Å². The molecule has 0 radical (unpaired) electrons. The first-order valence-electron chi connectivity index (χ1n) is 8.68. The molecule has 2 fully saturated rings. The average molecular weight is 315 g/mol. The minimum Gasteiger partial charge on any atom is -0.480 e. The predicted molar refractivity (Wildman–Crippen MR) is 88.1 cm³/mol. The van der Waals surface area contributed by atoms with E-state index in [4.69, 9.17) is 0 Å². The second-order valence-electron chi connectivity index (χ2n) is 7.15. The SMILES string of the molecule is O=C(CC1CC(c2ccccc2)C1)NC1(C(=O)O)CCCCC1. The monoisotopic (exact) mass is 315 g/mol. The fraction of sp³-hybridized carbons (Fsp3) is 0.579. The van der Waals surface area contributed by atoms with Gasteiger partial charge >= 0.3 is 5.97 Å². The molecule has 2 saturated carbocycles. The lowest BCUT2D eigenvalue weighted by Crippen LogP contribution is -2.56. The molecule has 2 aliphatic rings. The number of carbonyl (C=O) groups is 2. The molecule has 1 aromatic rings. The van der Waals surface area contributed by atoms with Crippen LogP contribution in [0.4, 0.5) is 0 Å². The van der Waals surface area contributed by atoms with Crippen molar-refractivity contribution in [3.63, 3.8) is 0 Å². The number of hydrogen-bond donors (Lipinski definition) is 2. The summed E-state index contributed by atoms with van der Waals surface area (Å²) in [6.45, 7) is 0. The van der Waals surface area contributed by atoms with Crippen molar-refractivity contribution in [1.82, 2.24) is 5.32 Å². The Kier molecular flexibility index (Phi) is 4.69. The van der Waals surface area contributed by atoms with Gasteiger partial charge in [-0.2, -0.15) is 0 Å². The molecule has 1 amide bonds. The molecule has 0 unspecified atom stereocenters. The van der Waals surface area contributed by atoms with Crippen molar-refractivity contribution < 1.29 is 14.7 Å². The summed E-state index contributed by atoms with van der Waals surface area (Å²) in [5.41, 5.74) is 0.330. The van der Waals surface area contributed by atoms with Gasteiger partial charge in [0.2, 0.25) is 5.91 Å². The lowest BCUT2D eigenvalue weighted by atomic mass is 9.70. The molecule has 0 aromatic heterocycles. The van der Waals surface area contributed by atoms with E-state index >= 15 is 0 Å². The minimum atomic E-state index is -1.02. The van der Waals surface area contributed by atoms with Crippen molar-refractivity contribution in [2.75, 3.05) is 0 Å². The molecule has 3 rings (SSSR count). The van der Waals surface area contributed by atoms with Crippen LogP contribution in [0.15, 0.2) is 30.3 Å². The predicted octanol–water partition coefficient (Wildman–Crippen LogP) is 3.47. The van der Waals surface area contributed by atoms with E-state index in [-0.39, 0.29) is 5.91 Å². The van der Waals surface area contributed by atoms with Gasteiger partial charge in [0.25, 0.3) is 0 Å². The van der Waals surface area contributed by atoms with Gasteiger partial charge in [0.1, 0.15) is 5.54 Å². The number of benzene rings is 1. The largest absolute Gasteiger partial charge is 0.480 e. The van der Waals surface area contributed by atoms with Gasteiger partial charge < -0.3 is 10.4 Å². The third-order valence-electron chi connectivity index (χ3n) is 5.48. The molecule has 1 aromatic carbocycles. The number of aliphatic carboxylic acids is 1. The highest BCUT2D eigenvalue weighted by Crippen LogP contribution is 2.43. The maximum Gasteiger partial charge on any atom is 0.329 e. The minimum absolute atomic E-state index is 0.0918. The summed E-state index contributed by atoms with van der Waals surface area (Å²) in [6.07, 6.45) is 6.45. The first-order valence-corrected chi connectivity index (χ1v) is 8.68. The normalized spacial score (nSPS) is 26.1. The van der Waals surface area contributed by atoms with Crippen molar-refractivity contribution in [2.45, 2.75) is 62.8 Å². The fourth-order valence-corrected chi connectivity index (χ4v) is 4.03. The molecule has 0 spiro atoms. The number of rotatable bonds is 5. The van der Waals surface area contributed by atoms with E-state index in [0.29, 0.717) is 31.1 Å². The molecule has 23 heavy (non-hydrogen) atoms. The lowest BCUT2D eigenvalue weighted by molar-refractivity contribution is -0.149. The summed E-state index contributed by atoms with van der Waals surface area (Å²) in [4.78, 5) is 23.9. The van der Waals surface area contributed by atoms with Gasteiger partial charge in [0, 0.05) is 6.42 Å². The number of nitrogens with one attached hydrogen (secondary N) is 1. The molecule has 4 heteroatoms. The Labute approximate surface area is 137 Å². The van der Waals surface area contributed by atoms with E-state index < -0.39 is 11.5 Å². The first-order chi connectivity index (χ1) is 11.1. The highest BCUT2D eigenvalue weighted by atomic mass is 16.4. The standard InChI is InChI=1S/C19H25NO3/c21-17(20-19(18(22)23)9-5-2-6-10-19)13-14-11-16(12-14)15-7-3-1-4-8-15/h1,3-4,7-8,14,16H,2,5-6,9-13H2,(H,20,21)(H,22,23). The van der Waals surface area contributed by atoms with E-state index in [1.807, 2.05) is 6.07 Å². The third kappa shape index (κ3) is 3.57. The maximum absolute atomic E-state index is 12.3. The summed E-state index contributed by atoms with van der Waals surface area (Å²) < 4.78 is 0. The Bertz CT molecular complexity index is 557. The van der Waals surface area contributed by atoms with Crippen LogP contribution in [0, 0.1) is 5.92 Å². The average Bonchev–Trinajstić information content (AvgIpc) is 2.52. The van der Waals surface area contributed by atoms with Gasteiger partial charge in [-0.25, -0.2) is 4.79 Å². The smallest absolute Gasteiger partial charge is 0.329 e. The molecular formula is C19H25NO3. The number of carboxylic acid groups (broad SMARTS) is 1. The molecule has 4 nitrogen and oxygen atoms in total. The Balaban J connectivity index is 1.49. The zero-order chi connectivity index (χ0) is 16.3. The number of amides is 1. The molecule has 0 heterocycles. The van der Waals surface area contributed by atoms with Crippen LogP contribution in [0.2, 0.25) is 0 Å². The maximum atomic E-state index is 12.3. The Morgan fingerprint density at radius 3 is 2.35 bits per heavy atom. The molecule has 0 bridgehead atoms. The molecule has 124 valence electrons. The molecule has 2 N–H and O–H groups in total. The van der Waals surface area contributed by atoms with E-state index in [2.05, 4.69) is 29.6 Å². The van der Waals surface area contributed by atoms with Gasteiger partial charge in [-0.15, -0.1) is 0 Å². The Hall–Kier alpha value is -1.84. The van der Waals surface area contributed by atoms with Gasteiger partial charge in [-0.1, -0.05) is 49.6 Å².